The Morgan fingerprint density at radius 3 is 2.65 bits per heavy atom. The van der Waals surface area contributed by atoms with E-state index in [0.29, 0.717) is 42.5 Å². The molecule has 2 heterocycles. The molecule has 0 radical (unpaired) electrons. The van der Waals surface area contributed by atoms with Gasteiger partial charge in [0.2, 0.25) is 5.91 Å². The van der Waals surface area contributed by atoms with Gasteiger partial charge in [0.15, 0.2) is 0 Å². The third kappa shape index (κ3) is 4.55. The van der Waals surface area contributed by atoms with Crippen LogP contribution in [0.5, 0.6) is 5.75 Å². The number of ether oxygens (including phenoxy) is 1. The molecule has 1 aliphatic rings. The van der Waals surface area contributed by atoms with Gasteiger partial charge in [-0.15, -0.1) is 0 Å². The van der Waals surface area contributed by atoms with Gasteiger partial charge in [-0.1, -0.05) is 13.8 Å². The summed E-state index contributed by atoms with van der Waals surface area (Å²) >= 11 is 0. The van der Waals surface area contributed by atoms with Gasteiger partial charge in [-0.3, -0.25) is 9.59 Å². The fraction of sp³-hybridized carbons (Fsp3) is 0.375. The number of nitrogens with one attached hydrogen (secondary N) is 1. The van der Waals surface area contributed by atoms with Gasteiger partial charge in [0.05, 0.1) is 17.6 Å². The summed E-state index contributed by atoms with van der Waals surface area (Å²) in [5, 5.41) is 2.94. The monoisotopic (exact) mass is 420 g/mol. The van der Waals surface area contributed by atoms with Crippen LogP contribution in [-0.2, 0) is 11.8 Å². The first-order chi connectivity index (χ1) is 14.9. The number of amides is 2. The molecule has 4 rings (SSSR count). The van der Waals surface area contributed by atoms with Crippen LogP contribution in [0.25, 0.3) is 11.0 Å². The number of aryl methyl sites for hydroxylation is 1. The number of aromatic nitrogens is 2. The zero-order valence-electron chi connectivity index (χ0n) is 18.2. The Labute approximate surface area is 182 Å². The minimum Gasteiger partial charge on any atom is -0.492 e. The van der Waals surface area contributed by atoms with Crippen LogP contribution < -0.4 is 10.1 Å². The number of likely N-dealkylation sites (tertiary alicyclic amines) is 1. The summed E-state index contributed by atoms with van der Waals surface area (Å²) in [6.45, 7) is 6.08. The van der Waals surface area contributed by atoms with Crippen LogP contribution in [0.2, 0.25) is 0 Å². The minimum atomic E-state index is -0.187. The number of anilines is 1. The number of carbonyl (C=O) groups is 2. The summed E-state index contributed by atoms with van der Waals surface area (Å²) in [7, 11) is 2.01. The van der Waals surface area contributed by atoms with E-state index in [2.05, 4.69) is 23.7 Å². The molecule has 2 amide bonds. The molecule has 1 aliphatic heterocycles. The summed E-state index contributed by atoms with van der Waals surface area (Å²) in [6, 6.07) is 12.8. The zero-order chi connectivity index (χ0) is 22.0. The van der Waals surface area contributed by atoms with Crippen LogP contribution in [0.3, 0.4) is 0 Å². The van der Waals surface area contributed by atoms with Crippen molar-refractivity contribution < 1.29 is 14.3 Å². The zero-order valence-corrected chi connectivity index (χ0v) is 18.2. The maximum absolute atomic E-state index is 12.6. The van der Waals surface area contributed by atoms with Gasteiger partial charge >= 0.3 is 0 Å². The van der Waals surface area contributed by atoms with Crippen molar-refractivity contribution in [2.75, 3.05) is 25.0 Å². The van der Waals surface area contributed by atoms with Gasteiger partial charge in [-0.2, -0.15) is 0 Å². The maximum atomic E-state index is 12.6. The van der Waals surface area contributed by atoms with E-state index < -0.39 is 0 Å². The molecule has 7 heteroatoms. The highest BCUT2D eigenvalue weighted by molar-refractivity contribution is 6.05. The average Bonchev–Trinajstić information content (AvgIpc) is 3.31. The van der Waals surface area contributed by atoms with Crippen LogP contribution in [0.1, 0.15) is 48.8 Å². The highest BCUT2D eigenvalue weighted by atomic mass is 16.5. The van der Waals surface area contributed by atoms with Crippen LogP contribution >= 0.6 is 0 Å². The first kappa shape index (κ1) is 20.9. The van der Waals surface area contributed by atoms with E-state index in [9.17, 15) is 9.59 Å². The van der Waals surface area contributed by atoms with Crippen molar-refractivity contribution in [1.29, 1.82) is 0 Å². The molecule has 0 unspecified atom stereocenters. The Morgan fingerprint density at radius 2 is 1.97 bits per heavy atom. The lowest BCUT2D eigenvalue weighted by Gasteiger charge is -2.15. The largest absolute Gasteiger partial charge is 0.492 e. The lowest BCUT2D eigenvalue weighted by molar-refractivity contribution is -0.128. The fourth-order valence-electron chi connectivity index (χ4n) is 3.93. The molecule has 7 nitrogen and oxygen atoms in total. The van der Waals surface area contributed by atoms with E-state index in [1.165, 1.54) is 0 Å². The van der Waals surface area contributed by atoms with Crippen molar-refractivity contribution >= 4 is 28.5 Å². The molecule has 162 valence electrons. The molecule has 1 aromatic heterocycles. The molecule has 0 aliphatic carbocycles. The number of hydrogen-bond acceptors (Lipinski definition) is 4. The summed E-state index contributed by atoms with van der Waals surface area (Å²) in [6.07, 6.45) is 1.56. The minimum absolute atomic E-state index is 0.187. The van der Waals surface area contributed by atoms with E-state index in [0.717, 1.165) is 29.8 Å². The number of rotatable bonds is 7. The second-order valence-electron chi connectivity index (χ2n) is 8.20. The Bertz CT molecular complexity index is 1100. The van der Waals surface area contributed by atoms with E-state index in [1.54, 1.807) is 24.3 Å². The van der Waals surface area contributed by atoms with Gasteiger partial charge in [0.25, 0.3) is 5.91 Å². The van der Waals surface area contributed by atoms with Gasteiger partial charge in [-0.25, -0.2) is 4.98 Å². The van der Waals surface area contributed by atoms with Crippen molar-refractivity contribution in [1.82, 2.24) is 14.5 Å². The molecule has 0 spiro atoms. The average molecular weight is 421 g/mol. The number of imidazole rings is 1. The number of nitrogens with zero attached hydrogens (tertiary/aromatic N) is 3. The number of fused-ring (bicyclic) bond motifs is 1. The lowest BCUT2D eigenvalue weighted by atomic mass is 10.2. The Hall–Kier alpha value is -3.35. The van der Waals surface area contributed by atoms with Gasteiger partial charge < -0.3 is 19.5 Å². The molecular formula is C24H28N4O3. The second-order valence-corrected chi connectivity index (χ2v) is 8.20. The van der Waals surface area contributed by atoms with Crippen LogP contribution in [0.15, 0.2) is 42.5 Å². The molecule has 1 N–H and O–H groups in total. The quantitative estimate of drug-likeness (QED) is 0.628. The summed E-state index contributed by atoms with van der Waals surface area (Å²) in [5.74, 6) is 2.03. The normalized spacial score (nSPS) is 13.9. The number of benzene rings is 2. The van der Waals surface area contributed by atoms with Crippen molar-refractivity contribution in [3.05, 3.63) is 53.9 Å². The highest BCUT2D eigenvalue weighted by Crippen LogP contribution is 2.24. The SMILES string of the molecule is CC(C)c1nc2cc(NC(=O)c3ccc(OCCN4CCCC4=O)cc3)ccc2n1C. The van der Waals surface area contributed by atoms with Crippen molar-refractivity contribution in [3.63, 3.8) is 0 Å². The third-order valence-electron chi connectivity index (χ3n) is 5.61. The van der Waals surface area contributed by atoms with Gasteiger partial charge in [0, 0.05) is 37.2 Å². The molecular weight excluding hydrogens is 392 g/mol. The van der Waals surface area contributed by atoms with Gasteiger partial charge in [0.1, 0.15) is 18.2 Å². The molecule has 31 heavy (non-hydrogen) atoms. The van der Waals surface area contributed by atoms with E-state index in [4.69, 9.17) is 9.72 Å². The summed E-state index contributed by atoms with van der Waals surface area (Å²) in [5.41, 5.74) is 3.16. The number of carbonyl (C=O) groups excluding carboxylic acids is 2. The van der Waals surface area contributed by atoms with Crippen LogP contribution in [0.4, 0.5) is 5.69 Å². The Kier molecular flexibility index (Phi) is 5.93. The standard InChI is InChI=1S/C24H28N4O3/c1-16(2)23-26-20-15-18(8-11-21(20)27(23)3)25-24(30)17-6-9-19(10-7-17)31-14-13-28-12-4-5-22(28)29/h6-11,15-16H,4-5,12-14H2,1-3H3,(H,25,30). The van der Waals surface area contributed by atoms with E-state index in [1.807, 2.05) is 30.1 Å². The van der Waals surface area contributed by atoms with Gasteiger partial charge in [-0.05, 0) is 48.9 Å². The van der Waals surface area contributed by atoms with Crippen molar-refractivity contribution in [3.8, 4) is 5.75 Å². The smallest absolute Gasteiger partial charge is 0.255 e. The van der Waals surface area contributed by atoms with E-state index in [-0.39, 0.29) is 11.8 Å². The summed E-state index contributed by atoms with van der Waals surface area (Å²) < 4.78 is 7.80. The first-order valence-corrected chi connectivity index (χ1v) is 10.7. The molecule has 2 aromatic carbocycles. The Balaban J connectivity index is 1.36. The molecule has 0 bridgehead atoms. The maximum Gasteiger partial charge on any atom is 0.255 e. The fourth-order valence-corrected chi connectivity index (χ4v) is 3.93. The number of hydrogen-bond donors (Lipinski definition) is 1. The predicted octanol–water partition coefficient (Wildman–Crippen LogP) is 3.95. The molecule has 0 saturated carbocycles. The lowest BCUT2D eigenvalue weighted by Crippen LogP contribution is -2.29. The molecule has 1 fully saturated rings. The van der Waals surface area contributed by atoms with Crippen molar-refractivity contribution in [2.24, 2.45) is 7.05 Å². The van der Waals surface area contributed by atoms with E-state index >= 15 is 0 Å². The van der Waals surface area contributed by atoms with Crippen LogP contribution in [0, 0.1) is 0 Å². The topological polar surface area (TPSA) is 76.5 Å². The molecule has 0 atom stereocenters. The second kappa shape index (κ2) is 8.79. The third-order valence-corrected chi connectivity index (χ3v) is 5.61. The first-order valence-electron chi connectivity index (χ1n) is 10.7. The Morgan fingerprint density at radius 1 is 1.19 bits per heavy atom. The highest BCUT2D eigenvalue weighted by Gasteiger charge is 2.19. The van der Waals surface area contributed by atoms with Crippen LogP contribution in [-0.4, -0.2) is 46.0 Å². The summed E-state index contributed by atoms with van der Waals surface area (Å²) in [4.78, 5) is 30.8. The van der Waals surface area contributed by atoms with Crippen molar-refractivity contribution in [2.45, 2.75) is 32.6 Å². The molecule has 1 saturated heterocycles. The molecule has 3 aromatic rings. The predicted molar refractivity (Wildman–Crippen MR) is 121 cm³/mol.